The van der Waals surface area contributed by atoms with Crippen molar-refractivity contribution in [2.24, 2.45) is 0 Å². The lowest BCUT2D eigenvalue weighted by atomic mass is 10.2. The van der Waals surface area contributed by atoms with Gasteiger partial charge in [-0.3, -0.25) is 4.79 Å². The van der Waals surface area contributed by atoms with Crippen LogP contribution >= 0.6 is 34.2 Å². The van der Waals surface area contributed by atoms with Crippen molar-refractivity contribution < 1.29 is 4.79 Å². The van der Waals surface area contributed by atoms with Crippen LogP contribution in [0, 0.1) is 3.57 Å². The highest BCUT2D eigenvalue weighted by molar-refractivity contribution is 14.1. The van der Waals surface area contributed by atoms with E-state index in [1.54, 1.807) is 0 Å². The minimum Gasteiger partial charge on any atom is -0.351 e. The lowest BCUT2D eigenvalue weighted by Gasteiger charge is -2.08. The fraction of sp³-hybridized carbons (Fsp3) is 0.364. The molecule has 0 aliphatic heterocycles. The molecule has 2 nitrogen and oxygen atoms in total. The van der Waals surface area contributed by atoms with E-state index in [1.807, 2.05) is 31.2 Å². The van der Waals surface area contributed by atoms with Crippen molar-refractivity contribution in [2.45, 2.75) is 18.7 Å². The van der Waals surface area contributed by atoms with Crippen molar-refractivity contribution in [1.82, 2.24) is 5.32 Å². The molecule has 15 heavy (non-hydrogen) atoms. The van der Waals surface area contributed by atoms with Gasteiger partial charge >= 0.3 is 0 Å². The summed E-state index contributed by atoms with van der Waals surface area (Å²) in [6.07, 6.45) is 0.856. The molecule has 82 valence electrons. The van der Waals surface area contributed by atoms with Gasteiger partial charge in [0.05, 0.1) is 5.38 Å². The van der Waals surface area contributed by atoms with Crippen molar-refractivity contribution >= 4 is 40.1 Å². The van der Waals surface area contributed by atoms with Crippen LogP contribution in [-0.2, 0) is 0 Å². The molecule has 1 aromatic carbocycles. The predicted octanol–water partition coefficient (Wildman–Crippen LogP) is 3.04. The van der Waals surface area contributed by atoms with Crippen LogP contribution in [0.5, 0.6) is 0 Å². The van der Waals surface area contributed by atoms with E-state index in [2.05, 4.69) is 27.9 Å². The third kappa shape index (κ3) is 4.38. The average molecular weight is 338 g/mol. The van der Waals surface area contributed by atoms with E-state index in [0.717, 1.165) is 9.99 Å². The molecular weight excluding hydrogens is 324 g/mol. The second-order valence-corrected chi connectivity index (χ2v) is 5.09. The second-order valence-electron chi connectivity index (χ2n) is 3.22. The molecule has 0 aliphatic rings. The van der Waals surface area contributed by atoms with Crippen LogP contribution in [0.25, 0.3) is 0 Å². The number of hydrogen-bond acceptors (Lipinski definition) is 1. The maximum absolute atomic E-state index is 11.6. The van der Waals surface area contributed by atoms with E-state index in [9.17, 15) is 4.79 Å². The molecule has 1 atom stereocenters. The molecule has 0 heterocycles. The number of amides is 1. The summed E-state index contributed by atoms with van der Waals surface area (Å²) in [5.41, 5.74) is 0.676. The van der Waals surface area contributed by atoms with Gasteiger partial charge in [-0.2, -0.15) is 0 Å². The van der Waals surface area contributed by atoms with Crippen LogP contribution in [0.15, 0.2) is 24.3 Å². The Labute approximate surface area is 109 Å². The maximum atomic E-state index is 11.6. The van der Waals surface area contributed by atoms with Gasteiger partial charge in [0.1, 0.15) is 0 Å². The van der Waals surface area contributed by atoms with Gasteiger partial charge in [0.25, 0.3) is 5.91 Å². The smallest absolute Gasteiger partial charge is 0.251 e. The maximum Gasteiger partial charge on any atom is 0.251 e. The van der Waals surface area contributed by atoms with Crippen molar-refractivity contribution in [2.75, 3.05) is 6.54 Å². The van der Waals surface area contributed by atoms with Crippen molar-refractivity contribution in [3.63, 3.8) is 0 Å². The first kappa shape index (κ1) is 12.8. The molecule has 0 saturated carbocycles. The summed E-state index contributed by atoms with van der Waals surface area (Å²) >= 11 is 8.11. The van der Waals surface area contributed by atoms with Crippen LogP contribution in [0.4, 0.5) is 0 Å². The van der Waals surface area contributed by atoms with E-state index in [4.69, 9.17) is 11.6 Å². The Bertz CT molecular complexity index is 326. The Morgan fingerprint density at radius 1 is 1.47 bits per heavy atom. The minimum absolute atomic E-state index is 0.0119. The molecule has 0 aliphatic carbocycles. The third-order valence-electron chi connectivity index (χ3n) is 2.03. The summed E-state index contributed by atoms with van der Waals surface area (Å²) in [6, 6.07) is 7.44. The highest BCUT2D eigenvalue weighted by Crippen LogP contribution is 2.07. The van der Waals surface area contributed by atoms with Gasteiger partial charge in [0, 0.05) is 15.7 Å². The number of nitrogens with one attached hydrogen (secondary N) is 1. The van der Waals surface area contributed by atoms with Gasteiger partial charge in [-0.05, 0) is 53.3 Å². The van der Waals surface area contributed by atoms with Gasteiger partial charge in [0.2, 0.25) is 0 Å². The van der Waals surface area contributed by atoms with Crippen LogP contribution < -0.4 is 5.32 Å². The van der Waals surface area contributed by atoms with Gasteiger partial charge in [-0.15, -0.1) is 11.6 Å². The first-order valence-corrected chi connectivity index (χ1v) is 6.33. The van der Waals surface area contributed by atoms with Gasteiger partial charge < -0.3 is 5.32 Å². The van der Waals surface area contributed by atoms with Crippen molar-refractivity contribution in [3.8, 4) is 0 Å². The molecule has 0 fully saturated rings. The standard InChI is InChI=1S/C11H13ClINO/c1-2-9(12)7-14-11(15)8-3-5-10(13)6-4-8/h3-6,9H,2,7H2,1H3,(H,14,15). The summed E-state index contributed by atoms with van der Waals surface area (Å²) in [4.78, 5) is 11.6. The number of benzene rings is 1. The molecule has 0 saturated heterocycles. The van der Waals surface area contributed by atoms with Crippen LogP contribution in [-0.4, -0.2) is 17.8 Å². The Hall–Kier alpha value is -0.290. The SMILES string of the molecule is CCC(Cl)CNC(=O)c1ccc(I)cc1. The predicted molar refractivity (Wildman–Crippen MR) is 71.4 cm³/mol. The number of halogens is 2. The summed E-state index contributed by atoms with van der Waals surface area (Å²) in [5.74, 6) is -0.0644. The molecule has 0 radical (unpaired) electrons. The normalized spacial score (nSPS) is 12.2. The van der Waals surface area contributed by atoms with Crippen LogP contribution in [0.3, 0.4) is 0 Å². The Morgan fingerprint density at radius 3 is 2.60 bits per heavy atom. The lowest BCUT2D eigenvalue weighted by molar-refractivity contribution is 0.0953. The molecule has 1 amide bonds. The van der Waals surface area contributed by atoms with Crippen molar-refractivity contribution in [1.29, 1.82) is 0 Å². The molecule has 0 spiro atoms. The Balaban J connectivity index is 2.50. The number of rotatable bonds is 4. The Kier molecular flexibility index (Phi) is 5.39. The largest absolute Gasteiger partial charge is 0.351 e. The highest BCUT2D eigenvalue weighted by atomic mass is 127. The minimum atomic E-state index is -0.0644. The molecule has 0 bridgehead atoms. The molecule has 0 aromatic heterocycles. The average Bonchev–Trinajstić information content (AvgIpc) is 2.26. The van der Waals surface area contributed by atoms with E-state index >= 15 is 0 Å². The van der Waals surface area contributed by atoms with Crippen molar-refractivity contribution in [3.05, 3.63) is 33.4 Å². The molecule has 4 heteroatoms. The molecule has 1 rings (SSSR count). The third-order valence-corrected chi connectivity index (χ3v) is 3.22. The number of alkyl halides is 1. The fourth-order valence-electron chi connectivity index (χ4n) is 1.05. The number of carbonyl (C=O) groups excluding carboxylic acids is 1. The second kappa shape index (κ2) is 6.33. The van der Waals surface area contributed by atoms with Crippen LogP contribution in [0.1, 0.15) is 23.7 Å². The lowest BCUT2D eigenvalue weighted by Crippen LogP contribution is -2.29. The summed E-state index contributed by atoms with van der Waals surface area (Å²) in [7, 11) is 0. The highest BCUT2D eigenvalue weighted by Gasteiger charge is 2.07. The first-order valence-electron chi connectivity index (χ1n) is 4.81. The quantitative estimate of drug-likeness (QED) is 0.664. The zero-order valence-corrected chi connectivity index (χ0v) is 11.4. The number of hydrogen-bond donors (Lipinski definition) is 1. The monoisotopic (exact) mass is 337 g/mol. The summed E-state index contributed by atoms with van der Waals surface area (Å²) < 4.78 is 1.12. The van der Waals surface area contributed by atoms with E-state index in [0.29, 0.717) is 12.1 Å². The summed E-state index contributed by atoms with van der Waals surface area (Å²) in [5, 5.41) is 2.81. The summed E-state index contributed by atoms with van der Waals surface area (Å²) in [6.45, 7) is 2.51. The number of carbonyl (C=O) groups is 1. The van der Waals surface area contributed by atoms with Crippen LogP contribution in [0.2, 0.25) is 0 Å². The topological polar surface area (TPSA) is 29.1 Å². The zero-order valence-electron chi connectivity index (χ0n) is 8.47. The fourth-order valence-corrected chi connectivity index (χ4v) is 1.49. The molecule has 1 N–H and O–H groups in total. The van der Waals surface area contributed by atoms with E-state index < -0.39 is 0 Å². The van der Waals surface area contributed by atoms with Gasteiger partial charge in [-0.1, -0.05) is 6.92 Å². The van der Waals surface area contributed by atoms with Gasteiger partial charge in [-0.25, -0.2) is 0 Å². The molecule has 1 aromatic rings. The zero-order chi connectivity index (χ0) is 11.3. The molecule has 1 unspecified atom stereocenters. The Morgan fingerprint density at radius 2 is 2.07 bits per heavy atom. The first-order chi connectivity index (χ1) is 7.13. The van der Waals surface area contributed by atoms with E-state index in [1.165, 1.54) is 0 Å². The van der Waals surface area contributed by atoms with E-state index in [-0.39, 0.29) is 11.3 Å². The van der Waals surface area contributed by atoms with Gasteiger partial charge in [0.15, 0.2) is 0 Å². The molecular formula is C11H13ClINO.